The number of hydrogen-bond acceptors (Lipinski definition) is 3. The van der Waals surface area contributed by atoms with Crippen molar-refractivity contribution in [2.24, 2.45) is 0 Å². The Labute approximate surface area is 140 Å². The van der Waals surface area contributed by atoms with Gasteiger partial charge >= 0.3 is 0 Å². The third-order valence-corrected chi connectivity index (χ3v) is 5.21. The van der Waals surface area contributed by atoms with Gasteiger partial charge in [-0.3, -0.25) is 9.48 Å². The molecule has 1 saturated heterocycles. The minimum Gasteiger partial charge on any atom is -0.309 e. The van der Waals surface area contributed by atoms with Crippen molar-refractivity contribution in [3.8, 4) is 0 Å². The predicted molar refractivity (Wildman–Crippen MR) is 94.7 cm³/mol. The van der Waals surface area contributed by atoms with E-state index >= 15 is 0 Å². The van der Waals surface area contributed by atoms with Crippen molar-refractivity contribution < 1.29 is 6.22 Å². The lowest BCUT2D eigenvalue weighted by Crippen LogP contribution is -2.32. The molecule has 1 amide bonds. The lowest BCUT2D eigenvalue weighted by molar-refractivity contribution is -0.116. The lowest BCUT2D eigenvalue weighted by atomic mass is 9.95. The average Bonchev–Trinajstić information content (AvgIpc) is 2.95. The smallest absolute Gasteiger partial charge is 0.226 e. The van der Waals surface area contributed by atoms with Gasteiger partial charge in [0.25, 0.3) is 0 Å². The van der Waals surface area contributed by atoms with Crippen LogP contribution in [0.4, 0.5) is 5.82 Å². The monoisotopic (exact) mass is 320 g/mol. The van der Waals surface area contributed by atoms with Gasteiger partial charge in [-0.25, -0.2) is 0 Å². The Morgan fingerprint density at radius 1 is 1.22 bits per heavy atom. The van der Waals surface area contributed by atoms with Crippen LogP contribution < -0.4 is 5.32 Å². The van der Waals surface area contributed by atoms with Crippen LogP contribution in [0.15, 0.2) is 6.07 Å². The van der Waals surface area contributed by atoms with Gasteiger partial charge in [-0.1, -0.05) is 25.7 Å². The predicted octanol–water partition coefficient (Wildman–Crippen LogP) is 3.76. The molecular weight excluding hydrogens is 288 g/mol. The maximum absolute atomic E-state index is 12.2. The van der Waals surface area contributed by atoms with Crippen LogP contribution in [-0.4, -0.2) is 40.2 Å². The van der Waals surface area contributed by atoms with E-state index in [1.165, 1.54) is 51.4 Å². The Hall–Kier alpha value is -1.36. The lowest BCUT2D eigenvalue weighted by Gasteiger charge is -2.25. The Bertz CT molecular complexity index is 519. The topological polar surface area (TPSA) is 50.2 Å². The van der Waals surface area contributed by atoms with Crippen LogP contribution in [0.3, 0.4) is 0 Å². The summed E-state index contributed by atoms with van der Waals surface area (Å²) in [5.41, 5.74) is 1.16. The number of carbonyl (C=O) groups is 1. The molecule has 1 aromatic rings. The maximum Gasteiger partial charge on any atom is 0.226 e. The molecule has 1 N–H and O–H groups in total. The van der Waals surface area contributed by atoms with Gasteiger partial charge < -0.3 is 10.2 Å². The Morgan fingerprint density at radius 3 is 2.65 bits per heavy atom. The first kappa shape index (κ1) is 16.5. The first-order valence-electron chi connectivity index (χ1n) is 9.31. The van der Waals surface area contributed by atoms with E-state index in [4.69, 9.17) is 0 Å². The molecule has 5 nitrogen and oxygen atoms in total. The number of nitrogens with zero attached hydrogens (tertiary/aromatic N) is 3. The van der Waals surface area contributed by atoms with Crippen LogP contribution in [0, 0.1) is 6.92 Å². The largest absolute Gasteiger partial charge is 0.309 e. The maximum atomic E-state index is 12.2. The van der Waals surface area contributed by atoms with Gasteiger partial charge in [0.15, 0.2) is 5.82 Å². The molecule has 2 fully saturated rings. The molecule has 2 heterocycles. The van der Waals surface area contributed by atoms with Gasteiger partial charge in [-0.05, 0) is 45.7 Å². The summed E-state index contributed by atoms with van der Waals surface area (Å²) >= 11 is 0. The van der Waals surface area contributed by atoms with Gasteiger partial charge in [0.1, 0.15) is 0 Å². The van der Waals surface area contributed by atoms with E-state index in [2.05, 4.69) is 26.9 Å². The second kappa shape index (κ2) is 7.95. The fourth-order valence-electron chi connectivity index (χ4n) is 3.89. The molecule has 0 radical (unpaired) electrons. The summed E-state index contributed by atoms with van der Waals surface area (Å²) in [4.78, 5) is 14.6. The van der Waals surface area contributed by atoms with Crippen LogP contribution in [0.1, 0.15) is 70.9 Å². The fourth-order valence-corrected chi connectivity index (χ4v) is 3.89. The number of piperidine rings is 1. The highest BCUT2D eigenvalue weighted by atomic mass is 16.1. The molecule has 3 rings (SSSR count). The van der Waals surface area contributed by atoms with E-state index in [-0.39, 0.29) is 7.33 Å². The van der Waals surface area contributed by atoms with Crippen LogP contribution in [0.25, 0.3) is 0 Å². The number of aryl methyl sites for hydroxylation is 1. The summed E-state index contributed by atoms with van der Waals surface area (Å²) in [7, 11) is 0. The van der Waals surface area contributed by atoms with E-state index in [1.807, 2.05) is 6.07 Å². The molecule has 5 heteroatoms. The minimum absolute atomic E-state index is 0. The number of amides is 1. The van der Waals surface area contributed by atoms with Crippen LogP contribution in [0.2, 0.25) is 0 Å². The molecule has 1 aromatic heterocycles. The van der Waals surface area contributed by atoms with Crippen molar-refractivity contribution in [2.45, 2.75) is 70.8 Å². The summed E-state index contributed by atoms with van der Waals surface area (Å²) in [6.45, 7) is 5.24. The quantitative estimate of drug-likeness (QED) is 0.899. The van der Waals surface area contributed by atoms with Crippen molar-refractivity contribution in [2.75, 3.05) is 25.0 Å². The van der Waals surface area contributed by atoms with Crippen molar-refractivity contribution in [3.63, 3.8) is 0 Å². The molecule has 0 bridgehead atoms. The Kier molecular flexibility index (Phi) is 5.70. The molecule has 23 heavy (non-hydrogen) atoms. The van der Waals surface area contributed by atoms with E-state index in [9.17, 15) is 4.79 Å². The van der Waals surface area contributed by atoms with Gasteiger partial charge in [0.05, 0.1) is 6.04 Å². The van der Waals surface area contributed by atoms with E-state index < -0.39 is 0 Å². The number of rotatable bonds is 5. The second-order valence-corrected chi connectivity index (χ2v) is 7.11. The summed E-state index contributed by atoms with van der Waals surface area (Å²) in [6, 6.07) is 2.52. The molecule has 0 spiro atoms. The SMILES string of the molecule is Cc1cc(NC(=O)CCN2CCCCC2)nn1C1CCCCC1.[HH]. The molecule has 1 saturated carbocycles. The average molecular weight is 320 g/mol. The Balaban J connectivity index is 0.00000208. The number of carbonyl (C=O) groups excluding carboxylic acids is 1. The van der Waals surface area contributed by atoms with Crippen molar-refractivity contribution in [1.29, 1.82) is 0 Å². The first-order chi connectivity index (χ1) is 11.2. The summed E-state index contributed by atoms with van der Waals surface area (Å²) in [5, 5.41) is 7.62. The summed E-state index contributed by atoms with van der Waals surface area (Å²) in [5.74, 6) is 0.806. The van der Waals surface area contributed by atoms with Crippen LogP contribution >= 0.6 is 0 Å². The van der Waals surface area contributed by atoms with Gasteiger partial charge in [-0.2, -0.15) is 5.10 Å². The molecule has 0 unspecified atom stereocenters. The molecule has 1 aliphatic carbocycles. The summed E-state index contributed by atoms with van der Waals surface area (Å²) < 4.78 is 2.12. The van der Waals surface area contributed by atoms with Crippen LogP contribution in [0.5, 0.6) is 0 Å². The van der Waals surface area contributed by atoms with E-state index in [1.54, 1.807) is 0 Å². The van der Waals surface area contributed by atoms with E-state index in [0.717, 1.165) is 31.1 Å². The molecule has 0 aromatic carbocycles. The number of anilines is 1. The highest BCUT2D eigenvalue weighted by molar-refractivity contribution is 5.89. The molecule has 0 atom stereocenters. The fraction of sp³-hybridized carbons (Fsp3) is 0.778. The molecule has 1 aliphatic heterocycles. The number of nitrogens with one attached hydrogen (secondary N) is 1. The second-order valence-electron chi connectivity index (χ2n) is 7.11. The van der Waals surface area contributed by atoms with Crippen LogP contribution in [-0.2, 0) is 4.79 Å². The molecule has 130 valence electrons. The number of hydrogen-bond donors (Lipinski definition) is 1. The third-order valence-electron chi connectivity index (χ3n) is 5.21. The zero-order valence-electron chi connectivity index (χ0n) is 14.4. The highest BCUT2D eigenvalue weighted by Crippen LogP contribution is 2.29. The highest BCUT2D eigenvalue weighted by Gasteiger charge is 2.19. The standard InChI is InChI=1S/C18H30N4O.H2/c1-15-14-17(20-22(15)16-8-4-2-5-9-16)19-18(23)10-13-21-11-6-3-7-12-21;/h14,16H,2-13H2,1H3,(H,19,20,23);1H. The number of aromatic nitrogens is 2. The minimum atomic E-state index is 0. The Morgan fingerprint density at radius 2 is 1.91 bits per heavy atom. The molecular formula is C18H32N4O. The zero-order valence-corrected chi connectivity index (χ0v) is 14.4. The normalized spacial score (nSPS) is 20.6. The van der Waals surface area contributed by atoms with Crippen molar-refractivity contribution in [1.82, 2.24) is 14.7 Å². The molecule has 2 aliphatic rings. The van der Waals surface area contributed by atoms with Crippen molar-refractivity contribution >= 4 is 11.7 Å². The zero-order chi connectivity index (χ0) is 16.1. The van der Waals surface area contributed by atoms with Crippen molar-refractivity contribution in [3.05, 3.63) is 11.8 Å². The first-order valence-corrected chi connectivity index (χ1v) is 9.31. The summed E-state index contributed by atoms with van der Waals surface area (Å²) in [6.07, 6.45) is 10.8. The van der Waals surface area contributed by atoms with Gasteiger partial charge in [-0.15, -0.1) is 0 Å². The number of likely N-dealkylation sites (tertiary alicyclic amines) is 1. The third kappa shape index (κ3) is 4.56. The van der Waals surface area contributed by atoms with Gasteiger partial charge in [0.2, 0.25) is 5.91 Å². The van der Waals surface area contributed by atoms with Gasteiger partial charge in [0, 0.05) is 26.2 Å². The van der Waals surface area contributed by atoms with E-state index in [0.29, 0.717) is 12.5 Å².